The van der Waals surface area contributed by atoms with Crippen LogP contribution in [0, 0.1) is 6.92 Å². The van der Waals surface area contributed by atoms with Gasteiger partial charge in [-0.15, -0.1) is 0 Å². The molecule has 150 valence electrons. The zero-order valence-electron chi connectivity index (χ0n) is 16.4. The number of rotatable bonds is 8. The molecule has 1 fully saturated rings. The van der Waals surface area contributed by atoms with Gasteiger partial charge in [0.05, 0.1) is 6.42 Å². The Morgan fingerprint density at radius 1 is 1.07 bits per heavy atom. The molecule has 1 saturated heterocycles. The summed E-state index contributed by atoms with van der Waals surface area (Å²) in [5.41, 5.74) is 8.57. The lowest BCUT2D eigenvalue weighted by atomic mass is 10.1. The molecule has 0 saturated carbocycles. The number of ether oxygens (including phenoxy) is 1. The summed E-state index contributed by atoms with van der Waals surface area (Å²) >= 11 is 0. The van der Waals surface area contributed by atoms with E-state index in [0.717, 1.165) is 31.7 Å². The molecule has 28 heavy (non-hydrogen) atoms. The van der Waals surface area contributed by atoms with Gasteiger partial charge in [0.15, 0.2) is 0 Å². The topological polar surface area (TPSA) is 79.0 Å². The molecule has 1 aliphatic heterocycles. The molecule has 1 amide bonds. The number of benzene rings is 2. The number of aliphatic hydroxyl groups is 1. The van der Waals surface area contributed by atoms with Gasteiger partial charge in [-0.25, -0.2) is 0 Å². The zero-order chi connectivity index (χ0) is 19.9. The highest BCUT2D eigenvalue weighted by molar-refractivity contribution is 5.76. The number of aliphatic hydroxyl groups excluding tert-OH is 1. The number of hydrogen-bond acceptors (Lipinski definition) is 5. The third kappa shape index (κ3) is 5.97. The maximum absolute atomic E-state index is 10.9. The molecule has 0 aliphatic carbocycles. The van der Waals surface area contributed by atoms with Gasteiger partial charge in [-0.05, 0) is 36.8 Å². The number of nitrogens with zero attached hydrogens (tertiary/aromatic N) is 2. The van der Waals surface area contributed by atoms with E-state index in [-0.39, 0.29) is 18.9 Å². The first-order valence-corrected chi connectivity index (χ1v) is 9.71. The highest BCUT2D eigenvalue weighted by Gasteiger charge is 2.19. The van der Waals surface area contributed by atoms with Crippen LogP contribution in [0.15, 0.2) is 48.5 Å². The van der Waals surface area contributed by atoms with Gasteiger partial charge in [0.1, 0.15) is 18.5 Å². The molecule has 0 aromatic heterocycles. The molecule has 1 heterocycles. The van der Waals surface area contributed by atoms with Gasteiger partial charge in [-0.3, -0.25) is 9.69 Å². The minimum Gasteiger partial charge on any atom is -0.491 e. The second-order valence-electron chi connectivity index (χ2n) is 7.38. The van der Waals surface area contributed by atoms with Gasteiger partial charge in [0.25, 0.3) is 0 Å². The second kappa shape index (κ2) is 9.57. The number of amides is 1. The molecule has 0 unspecified atom stereocenters. The summed E-state index contributed by atoms with van der Waals surface area (Å²) < 4.78 is 5.67. The van der Waals surface area contributed by atoms with E-state index in [0.29, 0.717) is 12.3 Å². The van der Waals surface area contributed by atoms with Gasteiger partial charge in [0.2, 0.25) is 5.91 Å². The molecule has 1 atom stereocenters. The Balaban J connectivity index is 1.39. The van der Waals surface area contributed by atoms with E-state index in [4.69, 9.17) is 10.5 Å². The number of anilines is 1. The summed E-state index contributed by atoms with van der Waals surface area (Å²) in [5, 5.41) is 10.3. The number of β-amino-alcohol motifs (C(OH)–C–C–N with tert-alkyl or cyclic N) is 1. The molecule has 1 aliphatic rings. The van der Waals surface area contributed by atoms with Crippen molar-refractivity contribution in [2.24, 2.45) is 5.73 Å². The normalized spacial score (nSPS) is 16.0. The Kier molecular flexibility index (Phi) is 6.90. The fourth-order valence-electron chi connectivity index (χ4n) is 3.39. The minimum absolute atomic E-state index is 0.220. The number of hydrogen-bond donors (Lipinski definition) is 2. The van der Waals surface area contributed by atoms with Crippen molar-refractivity contribution in [1.29, 1.82) is 0 Å². The van der Waals surface area contributed by atoms with Crippen LogP contribution in [0.1, 0.15) is 11.1 Å². The maximum atomic E-state index is 10.9. The Hall–Kier alpha value is -2.57. The average molecular weight is 383 g/mol. The number of piperazine rings is 1. The zero-order valence-corrected chi connectivity index (χ0v) is 16.4. The lowest BCUT2D eigenvalue weighted by Gasteiger charge is -2.36. The fourth-order valence-corrected chi connectivity index (χ4v) is 3.39. The van der Waals surface area contributed by atoms with E-state index in [1.54, 1.807) is 12.1 Å². The van der Waals surface area contributed by atoms with Crippen molar-refractivity contribution in [2.75, 3.05) is 44.2 Å². The smallest absolute Gasteiger partial charge is 0.221 e. The number of carbonyl (C=O) groups excluding carboxylic acids is 1. The summed E-state index contributed by atoms with van der Waals surface area (Å²) in [5.74, 6) is 0.322. The lowest BCUT2D eigenvalue weighted by Crippen LogP contribution is -2.49. The number of nitrogens with two attached hydrogens (primary N) is 1. The van der Waals surface area contributed by atoms with Crippen LogP contribution in [0.25, 0.3) is 0 Å². The first kappa shape index (κ1) is 20.2. The minimum atomic E-state index is -0.545. The van der Waals surface area contributed by atoms with Crippen LogP contribution in [0.4, 0.5) is 5.69 Å². The molecule has 3 rings (SSSR count). The van der Waals surface area contributed by atoms with Gasteiger partial charge in [-0.2, -0.15) is 0 Å². The number of carbonyl (C=O) groups is 1. The van der Waals surface area contributed by atoms with E-state index in [1.807, 2.05) is 12.1 Å². The van der Waals surface area contributed by atoms with E-state index in [2.05, 4.69) is 41.0 Å². The monoisotopic (exact) mass is 383 g/mol. The average Bonchev–Trinajstić information content (AvgIpc) is 2.68. The van der Waals surface area contributed by atoms with Crippen molar-refractivity contribution in [3.8, 4) is 5.75 Å². The predicted octanol–water partition coefficient (Wildman–Crippen LogP) is 1.58. The first-order valence-electron chi connectivity index (χ1n) is 9.71. The van der Waals surface area contributed by atoms with Crippen LogP contribution >= 0.6 is 0 Å². The van der Waals surface area contributed by atoms with Crippen molar-refractivity contribution in [3.63, 3.8) is 0 Å². The van der Waals surface area contributed by atoms with Crippen molar-refractivity contribution in [2.45, 2.75) is 19.4 Å². The molecule has 2 aromatic rings. The third-order valence-electron chi connectivity index (χ3n) is 4.98. The van der Waals surface area contributed by atoms with E-state index < -0.39 is 6.10 Å². The molecule has 2 aromatic carbocycles. The first-order chi connectivity index (χ1) is 13.5. The predicted molar refractivity (Wildman–Crippen MR) is 111 cm³/mol. The van der Waals surface area contributed by atoms with E-state index >= 15 is 0 Å². The second-order valence-corrected chi connectivity index (χ2v) is 7.38. The SMILES string of the molecule is Cc1ccc(N2CCN(C[C@@H](O)COc3ccc(CC(N)=O)cc3)CC2)cc1. The van der Waals surface area contributed by atoms with Crippen LogP contribution in [-0.4, -0.2) is 61.3 Å². The van der Waals surface area contributed by atoms with Crippen LogP contribution in [-0.2, 0) is 11.2 Å². The van der Waals surface area contributed by atoms with Crippen LogP contribution in [0.3, 0.4) is 0 Å². The number of aryl methyl sites for hydroxylation is 1. The molecule has 6 nitrogen and oxygen atoms in total. The summed E-state index contributed by atoms with van der Waals surface area (Å²) in [6, 6.07) is 15.8. The standard InChI is InChI=1S/C22H29N3O3/c1-17-2-6-19(7-3-17)25-12-10-24(11-13-25)15-20(26)16-28-21-8-4-18(5-9-21)14-22(23)27/h2-9,20,26H,10-16H2,1H3,(H2,23,27)/t20-/m1/s1. The lowest BCUT2D eigenvalue weighted by molar-refractivity contribution is -0.117. The largest absolute Gasteiger partial charge is 0.491 e. The van der Waals surface area contributed by atoms with Crippen LogP contribution in [0.5, 0.6) is 5.75 Å². The molecule has 6 heteroatoms. The molecular weight excluding hydrogens is 354 g/mol. The molecular formula is C22H29N3O3. The summed E-state index contributed by atoms with van der Waals surface area (Å²) in [4.78, 5) is 15.6. The van der Waals surface area contributed by atoms with Crippen LogP contribution in [0.2, 0.25) is 0 Å². The van der Waals surface area contributed by atoms with Crippen molar-refractivity contribution in [3.05, 3.63) is 59.7 Å². The molecule has 0 bridgehead atoms. The number of primary amides is 1. The van der Waals surface area contributed by atoms with Gasteiger partial charge in [-0.1, -0.05) is 29.8 Å². The molecule has 3 N–H and O–H groups in total. The Bertz CT molecular complexity index is 754. The molecule has 0 radical (unpaired) electrons. The quantitative estimate of drug-likeness (QED) is 0.724. The van der Waals surface area contributed by atoms with Gasteiger partial charge in [0, 0.05) is 38.4 Å². The summed E-state index contributed by atoms with van der Waals surface area (Å²) in [6.45, 7) is 6.70. The molecule has 0 spiro atoms. The Morgan fingerprint density at radius 3 is 2.32 bits per heavy atom. The Morgan fingerprint density at radius 2 is 1.71 bits per heavy atom. The van der Waals surface area contributed by atoms with Crippen molar-refractivity contribution in [1.82, 2.24) is 4.90 Å². The summed E-state index contributed by atoms with van der Waals surface area (Å²) in [7, 11) is 0. The van der Waals surface area contributed by atoms with Crippen molar-refractivity contribution < 1.29 is 14.6 Å². The van der Waals surface area contributed by atoms with Crippen molar-refractivity contribution >= 4 is 11.6 Å². The highest BCUT2D eigenvalue weighted by Crippen LogP contribution is 2.17. The Labute approximate surface area is 166 Å². The van der Waals surface area contributed by atoms with Gasteiger partial charge < -0.3 is 20.5 Å². The van der Waals surface area contributed by atoms with Gasteiger partial charge >= 0.3 is 0 Å². The van der Waals surface area contributed by atoms with E-state index in [1.165, 1.54) is 11.3 Å². The van der Waals surface area contributed by atoms with Crippen LogP contribution < -0.4 is 15.4 Å². The highest BCUT2D eigenvalue weighted by atomic mass is 16.5. The van der Waals surface area contributed by atoms with E-state index in [9.17, 15) is 9.90 Å². The summed E-state index contributed by atoms with van der Waals surface area (Å²) in [6.07, 6.45) is -0.325. The third-order valence-corrected chi connectivity index (χ3v) is 4.98. The maximum Gasteiger partial charge on any atom is 0.221 e. The fraction of sp³-hybridized carbons (Fsp3) is 0.409.